The maximum Gasteiger partial charge on any atom is 0.202 e. The number of hydrogen-bond donors (Lipinski definition) is 0. The van der Waals surface area contributed by atoms with E-state index in [-0.39, 0.29) is 6.10 Å². The van der Waals surface area contributed by atoms with E-state index in [9.17, 15) is 0 Å². The first-order valence-electron chi connectivity index (χ1n) is 17.3. The molecule has 1 saturated heterocycles. The molecule has 0 N–H and O–H groups in total. The van der Waals surface area contributed by atoms with Gasteiger partial charge in [0.05, 0.1) is 6.61 Å². The van der Waals surface area contributed by atoms with E-state index in [4.69, 9.17) is 14.5 Å². The summed E-state index contributed by atoms with van der Waals surface area (Å²) < 4.78 is 6.58. The maximum atomic E-state index is 6.58. The molecule has 10 atom stereocenters. The van der Waals surface area contributed by atoms with Crippen LogP contribution in [0.25, 0.3) is 5.57 Å². The van der Waals surface area contributed by atoms with Crippen molar-refractivity contribution in [1.82, 2.24) is 0 Å². The summed E-state index contributed by atoms with van der Waals surface area (Å²) in [4.78, 5) is 12.3. The molecule has 3 nitrogen and oxygen atoms in total. The zero-order chi connectivity index (χ0) is 29.0. The predicted octanol–water partition coefficient (Wildman–Crippen LogP) is 10.2. The zero-order valence-electron chi connectivity index (χ0n) is 27.1. The lowest BCUT2D eigenvalue weighted by Gasteiger charge is -2.62. The van der Waals surface area contributed by atoms with Crippen LogP contribution in [0, 0.1) is 59.2 Å². The van der Waals surface area contributed by atoms with Crippen molar-refractivity contribution in [3.8, 4) is 0 Å². The fraction of sp³-hybridized carbons (Fsp3) is 0.789. The average molecular weight is 563 g/mol. The van der Waals surface area contributed by atoms with Gasteiger partial charge in [0.25, 0.3) is 0 Å². The molecule has 0 aromatic heterocycles. The summed E-state index contributed by atoms with van der Waals surface area (Å²) in [6.07, 6.45) is 15.7. The van der Waals surface area contributed by atoms with Gasteiger partial charge in [-0.3, -0.25) is 0 Å². The SMILES string of the molecule is C=C(c1ccc(C)cc1)C1COC2(CC[C@@]3(C)C(CC[C@H]4[C@@H]5CC[C@H]([C@H](C)CCCC(C)C)[C@@]5(C)CC[C@@H]43)C2)OO1. The minimum absolute atomic E-state index is 0.244. The van der Waals surface area contributed by atoms with Crippen molar-refractivity contribution in [1.29, 1.82) is 0 Å². The largest absolute Gasteiger partial charge is 0.344 e. The molecule has 1 aromatic rings. The number of aryl methyl sites for hydroxylation is 1. The first kappa shape index (κ1) is 29.9. The fourth-order valence-electron chi connectivity index (χ4n) is 11.0. The second kappa shape index (κ2) is 11.4. The highest BCUT2D eigenvalue weighted by molar-refractivity contribution is 5.67. The monoisotopic (exact) mass is 562 g/mol. The molecule has 3 heteroatoms. The third kappa shape index (κ3) is 5.40. The van der Waals surface area contributed by atoms with Gasteiger partial charge in [0.1, 0.15) is 6.10 Å². The second-order valence-corrected chi connectivity index (χ2v) is 16.2. The Morgan fingerprint density at radius 2 is 1.66 bits per heavy atom. The van der Waals surface area contributed by atoms with Gasteiger partial charge in [0, 0.05) is 12.8 Å². The molecular weight excluding hydrogens is 504 g/mol. The molecule has 0 bridgehead atoms. The van der Waals surface area contributed by atoms with Crippen molar-refractivity contribution in [2.45, 2.75) is 130 Å². The van der Waals surface area contributed by atoms with Crippen LogP contribution in [0.3, 0.4) is 0 Å². The summed E-state index contributed by atoms with van der Waals surface area (Å²) in [6, 6.07) is 8.48. The van der Waals surface area contributed by atoms with Gasteiger partial charge in [-0.15, -0.1) is 0 Å². The van der Waals surface area contributed by atoms with Crippen LogP contribution in [0.15, 0.2) is 30.8 Å². The number of fused-ring (bicyclic) bond motifs is 5. The number of ether oxygens (including phenoxy) is 1. The molecule has 6 rings (SSSR count). The summed E-state index contributed by atoms with van der Waals surface area (Å²) >= 11 is 0. The highest BCUT2D eigenvalue weighted by Crippen LogP contribution is 2.69. The van der Waals surface area contributed by atoms with E-state index >= 15 is 0 Å². The summed E-state index contributed by atoms with van der Waals surface area (Å²) in [5, 5.41) is 0. The Morgan fingerprint density at radius 1 is 0.902 bits per heavy atom. The van der Waals surface area contributed by atoms with Crippen LogP contribution >= 0.6 is 0 Å². The lowest BCUT2D eigenvalue weighted by molar-refractivity contribution is -0.489. The van der Waals surface area contributed by atoms with Gasteiger partial charge in [-0.05, 0) is 115 Å². The van der Waals surface area contributed by atoms with Gasteiger partial charge in [-0.1, -0.05) is 90.3 Å². The fourth-order valence-corrected chi connectivity index (χ4v) is 11.0. The van der Waals surface area contributed by atoms with E-state index in [1.807, 2.05) is 0 Å². The van der Waals surface area contributed by atoms with Crippen LogP contribution < -0.4 is 0 Å². The first-order valence-corrected chi connectivity index (χ1v) is 17.3. The molecule has 5 aliphatic rings. The highest BCUT2D eigenvalue weighted by Gasteiger charge is 2.62. The van der Waals surface area contributed by atoms with E-state index in [0.29, 0.717) is 23.4 Å². The van der Waals surface area contributed by atoms with Crippen LogP contribution in [-0.2, 0) is 14.5 Å². The van der Waals surface area contributed by atoms with E-state index in [1.54, 1.807) is 0 Å². The average Bonchev–Trinajstić information content (AvgIpc) is 3.31. The Hall–Kier alpha value is -1.16. The Morgan fingerprint density at radius 3 is 2.37 bits per heavy atom. The molecule has 1 spiro atoms. The van der Waals surface area contributed by atoms with Crippen molar-refractivity contribution in [2.75, 3.05) is 6.61 Å². The standard InChI is InChI=1S/C38H58O3/c1-25(2)9-8-10-27(4)32-17-18-33-31-16-15-30-23-38(22-21-36(30,6)34(31)19-20-37(32,33)7)39-24-35(40-41-38)28(5)29-13-11-26(3)12-14-29/h11-14,25,27,30-35H,5,8-10,15-24H2,1-4,6-7H3/t27-,30?,31+,32-,33+,34+,35?,36+,37-,38?/m1/s1. The van der Waals surface area contributed by atoms with E-state index in [0.717, 1.165) is 59.5 Å². The number of hydrogen-bond acceptors (Lipinski definition) is 3. The van der Waals surface area contributed by atoms with Gasteiger partial charge in [-0.25, -0.2) is 9.78 Å². The molecule has 41 heavy (non-hydrogen) atoms. The molecular formula is C38H58O3. The molecule has 1 aliphatic heterocycles. The van der Waals surface area contributed by atoms with Crippen LogP contribution in [0.2, 0.25) is 0 Å². The van der Waals surface area contributed by atoms with Gasteiger partial charge in [0.2, 0.25) is 5.79 Å². The molecule has 228 valence electrons. The van der Waals surface area contributed by atoms with Crippen LogP contribution in [-0.4, -0.2) is 18.5 Å². The van der Waals surface area contributed by atoms with Gasteiger partial charge >= 0.3 is 0 Å². The van der Waals surface area contributed by atoms with Crippen molar-refractivity contribution in [3.05, 3.63) is 42.0 Å². The van der Waals surface area contributed by atoms with Crippen molar-refractivity contribution < 1.29 is 14.5 Å². The van der Waals surface area contributed by atoms with Gasteiger partial charge in [0.15, 0.2) is 0 Å². The molecule has 1 heterocycles. The van der Waals surface area contributed by atoms with Crippen LogP contribution in [0.4, 0.5) is 0 Å². The summed E-state index contributed by atoms with van der Waals surface area (Å²) in [7, 11) is 0. The lowest BCUT2D eigenvalue weighted by atomic mass is 9.44. The molecule has 0 radical (unpaired) electrons. The molecule has 3 unspecified atom stereocenters. The number of benzene rings is 1. The molecule has 1 aromatic carbocycles. The zero-order valence-corrected chi connectivity index (χ0v) is 27.1. The van der Waals surface area contributed by atoms with E-state index < -0.39 is 5.79 Å². The Kier molecular flexibility index (Phi) is 8.31. The van der Waals surface area contributed by atoms with Crippen LogP contribution in [0.5, 0.6) is 0 Å². The normalized spacial score (nSPS) is 42.9. The minimum atomic E-state index is -0.575. The summed E-state index contributed by atoms with van der Waals surface area (Å²) in [5.41, 5.74) is 4.26. The molecule has 4 saturated carbocycles. The number of rotatable bonds is 7. The maximum absolute atomic E-state index is 6.58. The van der Waals surface area contributed by atoms with Crippen molar-refractivity contribution in [2.24, 2.45) is 52.3 Å². The van der Waals surface area contributed by atoms with Gasteiger partial charge in [-0.2, -0.15) is 0 Å². The highest BCUT2D eigenvalue weighted by atomic mass is 17.2. The van der Waals surface area contributed by atoms with Crippen LogP contribution in [0.1, 0.15) is 123 Å². The third-order valence-corrected chi connectivity index (χ3v) is 13.5. The van der Waals surface area contributed by atoms with Gasteiger partial charge < -0.3 is 4.74 Å². The second-order valence-electron chi connectivity index (χ2n) is 16.2. The summed E-state index contributed by atoms with van der Waals surface area (Å²) in [5.74, 6) is 5.46. The molecule has 5 fully saturated rings. The Balaban J connectivity index is 1.08. The Bertz CT molecular complexity index is 1070. The third-order valence-electron chi connectivity index (χ3n) is 13.5. The predicted molar refractivity (Wildman–Crippen MR) is 168 cm³/mol. The van der Waals surface area contributed by atoms with Crippen molar-refractivity contribution in [3.63, 3.8) is 0 Å². The quantitative estimate of drug-likeness (QED) is 0.309. The minimum Gasteiger partial charge on any atom is -0.344 e. The van der Waals surface area contributed by atoms with E-state index in [1.165, 1.54) is 69.8 Å². The topological polar surface area (TPSA) is 27.7 Å². The van der Waals surface area contributed by atoms with E-state index in [2.05, 4.69) is 72.4 Å². The molecule has 4 aliphatic carbocycles. The smallest absolute Gasteiger partial charge is 0.202 e. The lowest BCUT2D eigenvalue weighted by Crippen LogP contribution is -2.58. The van der Waals surface area contributed by atoms with Crippen molar-refractivity contribution >= 4 is 5.57 Å². The molecule has 0 amide bonds. The first-order chi connectivity index (χ1) is 19.5. The Labute approximate surface area is 251 Å². The summed E-state index contributed by atoms with van der Waals surface area (Å²) in [6.45, 7) is 19.7.